The molecule has 2 atom stereocenters. The Morgan fingerprint density at radius 2 is 1.04 bits per heavy atom. The van der Waals surface area contributed by atoms with Gasteiger partial charge in [-0.2, -0.15) is 0 Å². The fourth-order valence-corrected chi connectivity index (χ4v) is 7.72. The van der Waals surface area contributed by atoms with Crippen LogP contribution in [0.1, 0.15) is 91.9 Å². The zero-order chi connectivity index (χ0) is 54.3. The quantitative estimate of drug-likeness (QED) is 0.0199. The molecule has 0 fully saturated rings. The van der Waals surface area contributed by atoms with Crippen LogP contribution >= 0.6 is 15.9 Å². The minimum atomic E-state index is -0.590. The molecule has 15 nitrogen and oxygen atoms in total. The molecule has 6 rings (SSSR count). The van der Waals surface area contributed by atoms with Crippen molar-refractivity contribution >= 4 is 90.8 Å². The Bertz CT molecular complexity index is 2790. The van der Waals surface area contributed by atoms with Crippen molar-refractivity contribution in [1.82, 2.24) is 0 Å². The van der Waals surface area contributed by atoms with Crippen LogP contribution in [0.25, 0.3) is 21.5 Å². The monoisotopic (exact) mass is 1290 g/mol. The Hall–Kier alpha value is -2.17. The summed E-state index contributed by atoms with van der Waals surface area (Å²) in [4.78, 5) is 61.5. The van der Waals surface area contributed by atoms with E-state index < -0.39 is 23.4 Å². The van der Waals surface area contributed by atoms with E-state index in [0.717, 1.165) is 43.8 Å². The SMILES string of the molecule is COC(=O)C[C@H](C)N(Cc1cccc(C)c1)c1ccc(NC(=O)OC(C)(C)C)c2ccccc12.COC(=O)C[C@H](C)Nc1ccc(NC(=O)OC(C)(C)C)c2ccccc12.Cc1cccc(CBr)c1.O=CO[O-].[H-].[I-].[K+].[K+].[Na+]. The first-order valence-electron chi connectivity index (χ1n) is 23.6. The van der Waals surface area contributed by atoms with Crippen LogP contribution in [0.2, 0.25) is 0 Å². The Balaban J connectivity index is -0.00000113. The molecule has 77 heavy (non-hydrogen) atoms. The number of nitrogens with one attached hydrogen (secondary N) is 3. The second-order valence-corrected chi connectivity index (χ2v) is 19.6. The topological polar surface area (TPSA) is 194 Å². The van der Waals surface area contributed by atoms with Crippen LogP contribution in [-0.4, -0.2) is 68.1 Å². The van der Waals surface area contributed by atoms with Crippen LogP contribution in [0, 0.1) is 13.8 Å². The van der Waals surface area contributed by atoms with Gasteiger partial charge in [0.05, 0.1) is 38.4 Å². The molecule has 2 amide bonds. The third-order valence-corrected chi connectivity index (χ3v) is 11.1. The maximum atomic E-state index is 12.4. The molecule has 0 saturated heterocycles. The summed E-state index contributed by atoms with van der Waals surface area (Å²) in [6.45, 7) is 19.5. The third-order valence-electron chi connectivity index (χ3n) is 10.4. The number of ether oxygens (including phenoxy) is 4. The molecule has 20 heteroatoms. The van der Waals surface area contributed by atoms with Crippen molar-refractivity contribution in [3.8, 4) is 0 Å². The van der Waals surface area contributed by atoms with Gasteiger partial charge < -0.3 is 64.7 Å². The van der Waals surface area contributed by atoms with E-state index in [0.29, 0.717) is 17.9 Å². The maximum Gasteiger partial charge on any atom is 1.00 e. The van der Waals surface area contributed by atoms with Gasteiger partial charge in [-0.25, -0.2) is 9.59 Å². The number of fused-ring (bicyclic) bond motifs is 2. The van der Waals surface area contributed by atoms with Crippen molar-refractivity contribution in [2.45, 2.75) is 117 Å². The number of methoxy groups -OCH3 is 2. The van der Waals surface area contributed by atoms with Crippen LogP contribution in [0.4, 0.5) is 32.3 Å². The number of alkyl halides is 1. The van der Waals surface area contributed by atoms with Gasteiger partial charge in [-0.3, -0.25) is 25.0 Å². The summed E-state index contributed by atoms with van der Waals surface area (Å²) in [7, 11) is 2.79. The van der Waals surface area contributed by atoms with Gasteiger partial charge in [0.25, 0.3) is 6.47 Å². The summed E-state index contributed by atoms with van der Waals surface area (Å²) >= 11 is 3.39. The number of halogens is 2. The first kappa shape index (κ1) is 76.9. The first-order valence-corrected chi connectivity index (χ1v) is 24.7. The van der Waals surface area contributed by atoms with Gasteiger partial charge >= 0.3 is 156 Å². The van der Waals surface area contributed by atoms with Crippen molar-refractivity contribution in [2.24, 2.45) is 0 Å². The Morgan fingerprint density at radius 3 is 1.47 bits per heavy atom. The average Bonchev–Trinajstić information content (AvgIpc) is 3.33. The predicted octanol–water partition coefficient (Wildman–Crippen LogP) is 0.457. The second-order valence-electron chi connectivity index (χ2n) is 19.0. The Labute approximate surface area is 588 Å². The Kier molecular flexibility index (Phi) is 39.2. The molecule has 0 aliphatic carbocycles. The summed E-state index contributed by atoms with van der Waals surface area (Å²) in [5, 5.41) is 22.1. The molecule has 6 aromatic carbocycles. The van der Waals surface area contributed by atoms with Gasteiger partial charge in [0, 0.05) is 56.9 Å². The minimum Gasteiger partial charge on any atom is -1.00 e. The molecule has 0 unspecified atom stereocenters. The van der Waals surface area contributed by atoms with Crippen LogP contribution in [0.15, 0.2) is 121 Å². The van der Waals surface area contributed by atoms with Gasteiger partial charge in [-0.1, -0.05) is 124 Å². The van der Waals surface area contributed by atoms with Crippen molar-refractivity contribution in [3.05, 3.63) is 144 Å². The summed E-state index contributed by atoms with van der Waals surface area (Å²) in [5.41, 5.74) is 7.04. The number of nitrogens with zero attached hydrogens (tertiary/aromatic N) is 1. The Morgan fingerprint density at radius 1 is 0.636 bits per heavy atom. The molecular formula is C57H71BrIK2N4NaO11. The van der Waals surface area contributed by atoms with Gasteiger partial charge in [0.1, 0.15) is 11.2 Å². The number of hydrogen-bond acceptors (Lipinski definition) is 13. The molecule has 0 radical (unpaired) electrons. The molecule has 3 N–H and O–H groups in total. The number of benzene rings is 6. The molecule has 0 aliphatic rings. The van der Waals surface area contributed by atoms with Crippen LogP contribution in [0.5, 0.6) is 0 Å². The largest absolute Gasteiger partial charge is 1.00 e. The summed E-state index contributed by atoms with van der Waals surface area (Å²) < 4.78 is 20.4. The standard InChI is InChI=1S/C28H34N2O4.C20H26N2O4.C8H9Br.CH2O3.HI.2K.Na.H/c1-19-10-9-11-21(16-19)18-30(20(2)17-26(31)33-6)25-15-14-24(22-12-7-8-13-23(22)25)29-27(32)34-28(3,4)5;1-13(12-18(23)25-5)21-16-10-11-17(15-9-7-6-8-14(15)16)22-19(24)26-20(2,3)4;1-7-3-2-4-8(5-7)6-9;2-1-4-3;;;;;/h7-16,20H,17-18H2,1-6H3,(H,29,32);6-11,13,21H,12H2,1-5H3,(H,22,24);2-5H,6H2,1H3;1,3H;1H;;;;/q;;;;;3*+1;-1/p-2/t20-;13-;;;;;;;/m00......./s1. The number of rotatable bonds is 14. The number of amides is 2. The van der Waals surface area contributed by atoms with E-state index in [1.807, 2.05) is 134 Å². The zero-order valence-electron chi connectivity index (χ0n) is 48.3. The number of hydrogen-bond donors (Lipinski definition) is 3. The van der Waals surface area contributed by atoms with Gasteiger partial charge in [0.15, 0.2) is 0 Å². The van der Waals surface area contributed by atoms with Gasteiger partial charge in [-0.05, 0) is 105 Å². The second kappa shape index (κ2) is 39.3. The average molecular weight is 1300 g/mol. The van der Waals surface area contributed by atoms with Crippen LogP contribution in [0.3, 0.4) is 0 Å². The van der Waals surface area contributed by atoms with Crippen molar-refractivity contribution in [3.63, 3.8) is 0 Å². The number of anilines is 4. The van der Waals surface area contributed by atoms with Crippen LogP contribution < -0.4 is 182 Å². The van der Waals surface area contributed by atoms with Crippen LogP contribution in [-0.2, 0) is 50.1 Å². The molecule has 0 spiro atoms. The minimum absolute atomic E-state index is 0. The number of carbonyl (C=O) groups is 5. The van der Waals surface area contributed by atoms with Crippen molar-refractivity contribution in [2.75, 3.05) is 35.1 Å². The molecule has 0 aromatic heterocycles. The van der Waals surface area contributed by atoms with E-state index in [-0.39, 0.29) is 201 Å². The summed E-state index contributed by atoms with van der Waals surface area (Å²) in [6, 6.07) is 39.8. The molecular weight excluding hydrogens is 1220 g/mol. The normalized spacial score (nSPS) is 10.9. The zero-order valence-corrected chi connectivity index (χ0v) is 59.3. The first-order chi connectivity index (χ1) is 34.5. The fraction of sp³-hybridized carbons (Fsp3) is 0.351. The summed E-state index contributed by atoms with van der Waals surface area (Å²) in [5.74, 6) is -0.522. The smallest absolute Gasteiger partial charge is 1.00 e. The molecule has 0 heterocycles. The summed E-state index contributed by atoms with van der Waals surface area (Å²) in [6.07, 6.45) is -0.472. The van der Waals surface area contributed by atoms with E-state index in [9.17, 15) is 19.2 Å². The maximum absolute atomic E-state index is 12.4. The number of carbonyl (C=O) groups excluding carboxylic acids is 5. The van der Waals surface area contributed by atoms with E-state index in [1.165, 1.54) is 30.9 Å². The molecule has 0 bridgehead atoms. The predicted molar refractivity (Wildman–Crippen MR) is 293 cm³/mol. The van der Waals surface area contributed by atoms with E-state index in [4.69, 9.17) is 29.0 Å². The van der Waals surface area contributed by atoms with E-state index in [1.54, 1.807) is 0 Å². The fourth-order valence-electron chi connectivity index (χ4n) is 7.37. The molecule has 402 valence electrons. The molecule has 6 aromatic rings. The van der Waals surface area contributed by atoms with Gasteiger partial charge in [0.2, 0.25) is 0 Å². The van der Waals surface area contributed by atoms with E-state index in [2.05, 4.69) is 98.0 Å². The molecule has 0 aliphatic heterocycles. The van der Waals surface area contributed by atoms with Crippen molar-refractivity contribution in [1.29, 1.82) is 0 Å². The number of esters is 2. The molecule has 0 saturated carbocycles. The number of aryl methyl sites for hydroxylation is 2. The third kappa shape index (κ3) is 28.9. The van der Waals surface area contributed by atoms with Crippen molar-refractivity contribution < 1.29 is 211 Å². The van der Waals surface area contributed by atoms with Gasteiger partial charge in [-0.15, -0.1) is 0 Å². The van der Waals surface area contributed by atoms with E-state index >= 15 is 0 Å².